The number of carbonyl (C=O) groups is 3. The van der Waals surface area contributed by atoms with E-state index in [9.17, 15) is 14.4 Å². The lowest BCUT2D eigenvalue weighted by atomic mass is 10.3. The van der Waals surface area contributed by atoms with Crippen molar-refractivity contribution in [2.45, 2.75) is 41.7 Å². The predicted molar refractivity (Wildman–Crippen MR) is 50.4 cm³/mol. The van der Waals surface area contributed by atoms with Crippen LogP contribution in [-0.2, 0) is 19.1 Å². The van der Waals surface area contributed by atoms with Gasteiger partial charge in [0.1, 0.15) is 0 Å². The molecule has 13 heavy (non-hydrogen) atoms. The van der Waals surface area contributed by atoms with Crippen molar-refractivity contribution in [3.05, 3.63) is 0 Å². The van der Waals surface area contributed by atoms with E-state index in [0.29, 0.717) is 0 Å². The maximum Gasteiger partial charge on any atom is 0.374 e. The molecular formula is C9H18O4. The second-order valence-electron chi connectivity index (χ2n) is 2.21. The molecule has 0 bridgehead atoms. The molecule has 0 spiro atoms. The van der Waals surface area contributed by atoms with Crippen LogP contribution in [0.3, 0.4) is 0 Å². The van der Waals surface area contributed by atoms with Gasteiger partial charge in [0.2, 0.25) is 5.78 Å². The maximum absolute atomic E-state index is 10.5. The van der Waals surface area contributed by atoms with Crippen LogP contribution in [0.25, 0.3) is 0 Å². The molecule has 0 radical (unpaired) electrons. The van der Waals surface area contributed by atoms with Gasteiger partial charge in [-0.25, -0.2) is 4.79 Å². The Balaban J connectivity index is -0.000000500. The molecule has 1 unspecified atom stereocenters. The summed E-state index contributed by atoms with van der Waals surface area (Å²) in [5.74, 6) is -1.94. The van der Waals surface area contributed by atoms with Crippen LogP contribution < -0.4 is 0 Å². The number of rotatable bonds is 3. The van der Waals surface area contributed by atoms with Crippen molar-refractivity contribution in [1.29, 1.82) is 0 Å². The predicted octanol–water partition coefficient (Wildman–Crippen LogP) is 1.37. The van der Waals surface area contributed by atoms with E-state index in [1.54, 1.807) is 0 Å². The molecule has 0 amide bonds. The minimum Gasteiger partial charge on any atom is -0.449 e. The standard InChI is InChI=1S/C7H10O4.2CH4/c1-4(8)6(3)11-7(10)5(2)9;;/h6H,1-3H3;2*1H4. The van der Waals surface area contributed by atoms with E-state index >= 15 is 0 Å². The summed E-state index contributed by atoms with van der Waals surface area (Å²) in [4.78, 5) is 31.4. The summed E-state index contributed by atoms with van der Waals surface area (Å²) in [6, 6.07) is 0. The molecule has 0 heterocycles. The van der Waals surface area contributed by atoms with Gasteiger partial charge in [0, 0.05) is 6.92 Å². The molecule has 0 aliphatic heterocycles. The largest absolute Gasteiger partial charge is 0.449 e. The summed E-state index contributed by atoms with van der Waals surface area (Å²) in [6.45, 7) is 3.80. The van der Waals surface area contributed by atoms with Gasteiger partial charge in [-0.1, -0.05) is 14.9 Å². The fraction of sp³-hybridized carbons (Fsp3) is 0.667. The van der Waals surface area contributed by atoms with Crippen LogP contribution in [0.2, 0.25) is 0 Å². The van der Waals surface area contributed by atoms with Crippen molar-refractivity contribution in [2.75, 3.05) is 0 Å². The van der Waals surface area contributed by atoms with E-state index in [4.69, 9.17) is 0 Å². The minimum atomic E-state index is -0.965. The number of Topliss-reactive ketones (excluding diaryl/α,β-unsaturated/α-hetero) is 2. The van der Waals surface area contributed by atoms with E-state index in [2.05, 4.69) is 4.74 Å². The quantitative estimate of drug-likeness (QED) is 0.498. The Bertz CT molecular complexity index is 196. The second kappa shape index (κ2) is 7.46. The molecule has 0 N–H and O–H groups in total. The first-order chi connectivity index (χ1) is 4.95. The summed E-state index contributed by atoms with van der Waals surface area (Å²) in [5, 5.41) is 0. The fourth-order valence-corrected chi connectivity index (χ4v) is 0.327. The van der Waals surface area contributed by atoms with Gasteiger partial charge in [0.25, 0.3) is 0 Å². The van der Waals surface area contributed by atoms with Gasteiger partial charge in [-0.05, 0) is 13.8 Å². The van der Waals surface area contributed by atoms with E-state index in [1.807, 2.05) is 0 Å². The molecule has 0 aromatic carbocycles. The number of carbonyl (C=O) groups excluding carboxylic acids is 3. The van der Waals surface area contributed by atoms with Crippen molar-refractivity contribution in [1.82, 2.24) is 0 Å². The van der Waals surface area contributed by atoms with E-state index in [-0.39, 0.29) is 20.6 Å². The van der Waals surface area contributed by atoms with Crippen LogP contribution in [0, 0.1) is 0 Å². The molecule has 78 valence electrons. The Labute approximate surface area is 79.3 Å². The molecule has 0 aliphatic rings. The van der Waals surface area contributed by atoms with Gasteiger partial charge in [0.05, 0.1) is 0 Å². The monoisotopic (exact) mass is 190 g/mol. The lowest BCUT2D eigenvalue weighted by molar-refractivity contribution is -0.159. The molecule has 0 aliphatic carbocycles. The average Bonchev–Trinajstić information content (AvgIpc) is 1.87. The average molecular weight is 190 g/mol. The van der Waals surface area contributed by atoms with Crippen molar-refractivity contribution >= 4 is 17.5 Å². The highest BCUT2D eigenvalue weighted by molar-refractivity contribution is 6.32. The molecule has 0 rings (SSSR count). The van der Waals surface area contributed by atoms with E-state index in [0.717, 1.165) is 6.92 Å². The number of ether oxygens (including phenoxy) is 1. The Morgan fingerprint density at radius 2 is 1.46 bits per heavy atom. The minimum absolute atomic E-state index is 0. The molecule has 0 aromatic heterocycles. The highest BCUT2D eigenvalue weighted by atomic mass is 16.5. The van der Waals surface area contributed by atoms with Gasteiger partial charge in [-0.2, -0.15) is 0 Å². The zero-order chi connectivity index (χ0) is 9.02. The Hall–Kier alpha value is -1.19. The van der Waals surface area contributed by atoms with Crippen molar-refractivity contribution in [3.8, 4) is 0 Å². The first-order valence-electron chi connectivity index (χ1n) is 3.17. The van der Waals surface area contributed by atoms with Crippen LogP contribution in [0.5, 0.6) is 0 Å². The van der Waals surface area contributed by atoms with Crippen molar-refractivity contribution in [2.24, 2.45) is 0 Å². The van der Waals surface area contributed by atoms with Crippen LogP contribution in [-0.4, -0.2) is 23.6 Å². The van der Waals surface area contributed by atoms with Crippen LogP contribution in [0.4, 0.5) is 0 Å². The van der Waals surface area contributed by atoms with Crippen LogP contribution in [0.1, 0.15) is 35.6 Å². The highest BCUT2D eigenvalue weighted by Crippen LogP contribution is 1.93. The van der Waals surface area contributed by atoms with Gasteiger partial charge in [-0.15, -0.1) is 0 Å². The van der Waals surface area contributed by atoms with Gasteiger partial charge < -0.3 is 4.74 Å². The van der Waals surface area contributed by atoms with Crippen molar-refractivity contribution in [3.63, 3.8) is 0 Å². The summed E-state index contributed by atoms with van der Waals surface area (Å²) >= 11 is 0. The molecule has 1 atom stereocenters. The topological polar surface area (TPSA) is 60.4 Å². The molecule has 4 heteroatoms. The third-order valence-corrected chi connectivity index (χ3v) is 1.14. The molecule has 0 saturated heterocycles. The van der Waals surface area contributed by atoms with Gasteiger partial charge in [0.15, 0.2) is 11.9 Å². The molecule has 0 saturated carbocycles. The number of hydrogen-bond acceptors (Lipinski definition) is 4. The normalized spacial score (nSPS) is 10.1. The van der Waals surface area contributed by atoms with E-state index in [1.165, 1.54) is 13.8 Å². The number of ketones is 2. The summed E-state index contributed by atoms with van der Waals surface area (Å²) in [5.41, 5.74) is 0. The second-order valence-corrected chi connectivity index (χ2v) is 2.21. The van der Waals surface area contributed by atoms with Crippen molar-refractivity contribution < 1.29 is 19.1 Å². The summed E-state index contributed by atoms with van der Waals surface area (Å²) in [7, 11) is 0. The van der Waals surface area contributed by atoms with Crippen LogP contribution >= 0.6 is 0 Å². The smallest absolute Gasteiger partial charge is 0.374 e. The molecule has 0 aromatic rings. The molecule has 4 nitrogen and oxygen atoms in total. The maximum atomic E-state index is 10.5. The first-order valence-corrected chi connectivity index (χ1v) is 3.17. The van der Waals surface area contributed by atoms with Crippen LogP contribution in [0.15, 0.2) is 0 Å². The molecular weight excluding hydrogens is 172 g/mol. The molecule has 0 fully saturated rings. The Morgan fingerprint density at radius 3 is 1.69 bits per heavy atom. The lowest BCUT2D eigenvalue weighted by Crippen LogP contribution is -2.25. The Morgan fingerprint density at radius 1 is 1.08 bits per heavy atom. The Kier molecular flexibility index (Phi) is 10.2. The van der Waals surface area contributed by atoms with E-state index < -0.39 is 17.9 Å². The fourth-order valence-electron chi connectivity index (χ4n) is 0.327. The van der Waals surface area contributed by atoms with Gasteiger partial charge in [-0.3, -0.25) is 9.59 Å². The third kappa shape index (κ3) is 7.18. The summed E-state index contributed by atoms with van der Waals surface area (Å²) < 4.78 is 4.44. The lowest BCUT2D eigenvalue weighted by Gasteiger charge is -2.06. The zero-order valence-corrected chi connectivity index (χ0v) is 6.71. The number of hydrogen-bond donors (Lipinski definition) is 0. The third-order valence-electron chi connectivity index (χ3n) is 1.14. The number of esters is 1. The summed E-state index contributed by atoms with van der Waals surface area (Å²) in [6.07, 6.45) is -0.827. The zero-order valence-electron chi connectivity index (χ0n) is 6.71. The highest BCUT2D eigenvalue weighted by Gasteiger charge is 2.16. The SMILES string of the molecule is C.C.CC(=O)C(=O)OC(C)C(C)=O. The van der Waals surface area contributed by atoms with Gasteiger partial charge >= 0.3 is 5.97 Å². The first kappa shape index (κ1) is 17.8.